The van der Waals surface area contributed by atoms with Crippen LogP contribution in [0, 0.1) is 5.82 Å². The summed E-state index contributed by atoms with van der Waals surface area (Å²) in [5, 5.41) is 0. The van der Waals surface area contributed by atoms with Gasteiger partial charge in [-0.25, -0.2) is 4.39 Å². The number of benzene rings is 2. The van der Waals surface area contributed by atoms with E-state index in [1.807, 2.05) is 25.1 Å². The fourth-order valence-corrected chi connectivity index (χ4v) is 2.78. The van der Waals surface area contributed by atoms with Gasteiger partial charge in [0.2, 0.25) is 0 Å². The van der Waals surface area contributed by atoms with Gasteiger partial charge in [0.25, 0.3) is 0 Å². The average molecular weight is 285 g/mol. The van der Waals surface area contributed by atoms with Gasteiger partial charge in [-0.3, -0.25) is 0 Å². The summed E-state index contributed by atoms with van der Waals surface area (Å²) in [4.78, 5) is 0. The van der Waals surface area contributed by atoms with Crippen molar-refractivity contribution in [1.29, 1.82) is 0 Å². The van der Waals surface area contributed by atoms with E-state index in [0.29, 0.717) is 5.75 Å². The second-order valence-corrected chi connectivity index (χ2v) is 5.72. The first kappa shape index (κ1) is 14.1. The largest absolute Gasteiger partial charge is 0.454 e. The van der Waals surface area contributed by atoms with Crippen LogP contribution in [-0.2, 0) is 12.8 Å². The van der Waals surface area contributed by atoms with Crippen LogP contribution in [0.1, 0.15) is 42.5 Å². The molecule has 1 atom stereocenters. The molecule has 1 aliphatic carbocycles. The number of hydrogen-bond donors (Lipinski definition) is 1. The van der Waals surface area contributed by atoms with Crippen molar-refractivity contribution in [1.82, 2.24) is 0 Å². The summed E-state index contributed by atoms with van der Waals surface area (Å²) in [5.41, 5.74) is 9.24. The van der Waals surface area contributed by atoms with Crippen molar-refractivity contribution in [2.24, 2.45) is 5.73 Å². The highest BCUT2D eigenvalue weighted by Crippen LogP contribution is 2.30. The summed E-state index contributed by atoms with van der Waals surface area (Å²) in [6.07, 6.45) is 4.68. The van der Waals surface area contributed by atoms with Gasteiger partial charge >= 0.3 is 0 Å². The molecule has 0 unspecified atom stereocenters. The Morgan fingerprint density at radius 2 is 1.81 bits per heavy atom. The zero-order valence-electron chi connectivity index (χ0n) is 12.2. The van der Waals surface area contributed by atoms with Gasteiger partial charge in [0, 0.05) is 6.04 Å². The number of nitrogens with two attached hydrogens (primary N) is 1. The molecule has 0 amide bonds. The molecule has 0 aliphatic heterocycles. The quantitative estimate of drug-likeness (QED) is 0.900. The lowest BCUT2D eigenvalue weighted by molar-refractivity contribution is 0.440. The van der Waals surface area contributed by atoms with E-state index < -0.39 is 0 Å². The highest BCUT2D eigenvalue weighted by Gasteiger charge is 2.12. The monoisotopic (exact) mass is 285 g/mol. The van der Waals surface area contributed by atoms with E-state index in [2.05, 4.69) is 6.07 Å². The molecule has 0 saturated carbocycles. The molecule has 2 aromatic carbocycles. The fraction of sp³-hybridized carbons (Fsp3) is 0.333. The lowest BCUT2D eigenvalue weighted by atomic mass is 9.92. The molecule has 0 fully saturated rings. The van der Waals surface area contributed by atoms with E-state index in [4.69, 9.17) is 10.5 Å². The zero-order chi connectivity index (χ0) is 14.8. The minimum absolute atomic E-state index is 0.183. The molecule has 0 saturated heterocycles. The fourth-order valence-electron chi connectivity index (χ4n) is 2.78. The maximum absolute atomic E-state index is 14.1. The third kappa shape index (κ3) is 3.08. The molecule has 3 rings (SSSR count). The molecule has 0 spiro atoms. The lowest BCUT2D eigenvalue weighted by Gasteiger charge is -2.17. The van der Waals surface area contributed by atoms with Crippen molar-refractivity contribution in [2.45, 2.75) is 38.6 Å². The lowest BCUT2D eigenvalue weighted by Crippen LogP contribution is -2.05. The van der Waals surface area contributed by atoms with Crippen molar-refractivity contribution < 1.29 is 9.13 Å². The molecule has 110 valence electrons. The first-order valence-electron chi connectivity index (χ1n) is 7.48. The Balaban J connectivity index is 1.83. The Kier molecular flexibility index (Phi) is 3.93. The van der Waals surface area contributed by atoms with Crippen LogP contribution in [-0.4, -0.2) is 0 Å². The smallest absolute Gasteiger partial charge is 0.166 e. The zero-order valence-corrected chi connectivity index (χ0v) is 12.2. The summed E-state index contributed by atoms with van der Waals surface area (Å²) < 4.78 is 19.7. The summed E-state index contributed by atoms with van der Waals surface area (Å²) in [7, 11) is 0. The number of hydrogen-bond acceptors (Lipinski definition) is 2. The molecule has 0 bridgehead atoms. The van der Waals surface area contributed by atoms with Crippen molar-refractivity contribution in [3.8, 4) is 11.5 Å². The Morgan fingerprint density at radius 3 is 2.52 bits per heavy atom. The van der Waals surface area contributed by atoms with Gasteiger partial charge in [0.05, 0.1) is 0 Å². The minimum Gasteiger partial charge on any atom is -0.454 e. The molecule has 3 heteroatoms. The van der Waals surface area contributed by atoms with E-state index in [1.54, 1.807) is 6.07 Å². The van der Waals surface area contributed by atoms with Gasteiger partial charge in [-0.2, -0.15) is 0 Å². The van der Waals surface area contributed by atoms with Gasteiger partial charge < -0.3 is 10.5 Å². The normalized spacial score (nSPS) is 15.4. The second kappa shape index (κ2) is 5.86. The Morgan fingerprint density at radius 1 is 1.05 bits per heavy atom. The molecule has 0 radical (unpaired) electrons. The molecular weight excluding hydrogens is 265 g/mol. The highest BCUT2D eigenvalue weighted by atomic mass is 19.1. The maximum atomic E-state index is 14.1. The van der Waals surface area contributed by atoms with E-state index in [9.17, 15) is 4.39 Å². The Bertz CT molecular complexity index is 652. The van der Waals surface area contributed by atoms with Gasteiger partial charge in [-0.15, -0.1) is 0 Å². The van der Waals surface area contributed by atoms with Crippen LogP contribution < -0.4 is 10.5 Å². The van der Waals surface area contributed by atoms with Crippen LogP contribution in [0.3, 0.4) is 0 Å². The van der Waals surface area contributed by atoms with Crippen molar-refractivity contribution >= 4 is 0 Å². The summed E-state index contributed by atoms with van der Waals surface area (Å²) in [5.74, 6) is 0.570. The van der Waals surface area contributed by atoms with Crippen molar-refractivity contribution in [3.05, 3.63) is 58.9 Å². The third-order valence-electron chi connectivity index (χ3n) is 4.03. The Labute approximate surface area is 124 Å². The van der Waals surface area contributed by atoms with Crippen LogP contribution >= 0.6 is 0 Å². The van der Waals surface area contributed by atoms with Crippen molar-refractivity contribution in [3.63, 3.8) is 0 Å². The van der Waals surface area contributed by atoms with Crippen LogP contribution in [0.5, 0.6) is 11.5 Å². The number of fused-ring (bicyclic) bond motifs is 1. The standard InChI is InChI=1S/C18H20FNO/c1-12(20)14-7-9-18(17(19)11-14)21-16-8-6-13-4-2-3-5-15(13)10-16/h6-12H,2-5,20H2,1H3/t12-/m0/s1. The topological polar surface area (TPSA) is 35.2 Å². The molecule has 21 heavy (non-hydrogen) atoms. The number of ether oxygens (including phenoxy) is 1. The van der Waals surface area contributed by atoms with Gasteiger partial charge in [-0.1, -0.05) is 12.1 Å². The van der Waals surface area contributed by atoms with E-state index in [0.717, 1.165) is 18.4 Å². The molecule has 2 aromatic rings. The van der Waals surface area contributed by atoms with Gasteiger partial charge in [-0.05, 0) is 73.6 Å². The van der Waals surface area contributed by atoms with Gasteiger partial charge in [0.1, 0.15) is 5.75 Å². The van der Waals surface area contributed by atoms with E-state index in [1.165, 1.54) is 30.0 Å². The number of aryl methyl sites for hydroxylation is 2. The molecule has 2 N–H and O–H groups in total. The predicted octanol–water partition coefficient (Wildman–Crippen LogP) is 4.52. The maximum Gasteiger partial charge on any atom is 0.166 e. The molecular formula is C18H20FNO. The van der Waals surface area contributed by atoms with Crippen molar-refractivity contribution in [2.75, 3.05) is 0 Å². The first-order chi connectivity index (χ1) is 10.1. The second-order valence-electron chi connectivity index (χ2n) is 5.72. The van der Waals surface area contributed by atoms with Crippen LogP contribution in [0.4, 0.5) is 4.39 Å². The van der Waals surface area contributed by atoms with Crippen LogP contribution in [0.15, 0.2) is 36.4 Å². The number of rotatable bonds is 3. The average Bonchev–Trinajstić information content (AvgIpc) is 2.49. The van der Waals surface area contributed by atoms with Gasteiger partial charge in [0.15, 0.2) is 11.6 Å². The van der Waals surface area contributed by atoms with Crippen LogP contribution in [0.2, 0.25) is 0 Å². The summed E-state index contributed by atoms with van der Waals surface area (Å²) >= 11 is 0. The van der Waals surface area contributed by atoms with E-state index in [-0.39, 0.29) is 17.6 Å². The Hall–Kier alpha value is -1.87. The number of halogens is 1. The van der Waals surface area contributed by atoms with Crippen LogP contribution in [0.25, 0.3) is 0 Å². The summed E-state index contributed by atoms with van der Waals surface area (Å²) in [6, 6.07) is 10.8. The minimum atomic E-state index is -0.373. The summed E-state index contributed by atoms with van der Waals surface area (Å²) in [6.45, 7) is 1.83. The first-order valence-corrected chi connectivity index (χ1v) is 7.48. The third-order valence-corrected chi connectivity index (χ3v) is 4.03. The SMILES string of the molecule is C[C@H](N)c1ccc(Oc2ccc3c(c2)CCCC3)c(F)c1. The van der Waals surface area contributed by atoms with E-state index >= 15 is 0 Å². The predicted molar refractivity (Wildman–Crippen MR) is 82.2 cm³/mol. The molecule has 1 aliphatic rings. The highest BCUT2D eigenvalue weighted by molar-refractivity contribution is 5.40. The molecule has 2 nitrogen and oxygen atoms in total. The molecule has 0 heterocycles. The molecule has 0 aromatic heterocycles.